The van der Waals surface area contributed by atoms with Gasteiger partial charge in [-0.1, -0.05) is 19.1 Å². The van der Waals surface area contributed by atoms with Gasteiger partial charge in [0.2, 0.25) is 10.0 Å². The van der Waals surface area contributed by atoms with Crippen LogP contribution in [-0.2, 0) is 16.6 Å². The average Bonchev–Trinajstić information content (AvgIpc) is 2.68. The van der Waals surface area contributed by atoms with Gasteiger partial charge in [0.1, 0.15) is 5.75 Å². The number of hydrogen-bond acceptors (Lipinski definition) is 4. The van der Waals surface area contributed by atoms with Crippen LogP contribution in [0.4, 0.5) is 0 Å². The Balaban J connectivity index is 2.05. The number of sulfonamides is 1. The molecule has 0 fully saturated rings. The van der Waals surface area contributed by atoms with Crippen molar-refractivity contribution in [3.8, 4) is 5.75 Å². The topological polar surface area (TPSA) is 75.7 Å². The van der Waals surface area contributed by atoms with Crippen LogP contribution in [0.25, 0.3) is 0 Å². The van der Waals surface area contributed by atoms with Crippen molar-refractivity contribution in [2.45, 2.75) is 44.7 Å². The predicted molar refractivity (Wildman–Crippen MR) is 110 cm³/mol. The number of ether oxygens (including phenoxy) is 1. The minimum atomic E-state index is -3.58. The first kappa shape index (κ1) is 21.9. The molecule has 0 aliphatic heterocycles. The van der Waals surface area contributed by atoms with E-state index >= 15 is 0 Å². The summed E-state index contributed by atoms with van der Waals surface area (Å²) in [5, 5.41) is 0. The Morgan fingerprint density at radius 3 is 2.21 bits per heavy atom. The lowest BCUT2D eigenvalue weighted by molar-refractivity contribution is 0.0785. The second-order valence-electron chi connectivity index (χ2n) is 6.69. The van der Waals surface area contributed by atoms with Gasteiger partial charge in [-0.2, -0.15) is 0 Å². The fourth-order valence-electron chi connectivity index (χ4n) is 2.62. The van der Waals surface area contributed by atoms with Gasteiger partial charge in [0, 0.05) is 25.2 Å². The quantitative estimate of drug-likeness (QED) is 0.695. The number of hydrogen-bond donors (Lipinski definition) is 1. The van der Waals surface area contributed by atoms with E-state index in [1.165, 1.54) is 12.1 Å². The Bertz CT molecular complexity index is 878. The van der Waals surface area contributed by atoms with Gasteiger partial charge >= 0.3 is 0 Å². The summed E-state index contributed by atoms with van der Waals surface area (Å²) in [6.07, 6.45) is 0.701. The van der Waals surface area contributed by atoms with Crippen molar-refractivity contribution < 1.29 is 17.9 Å². The van der Waals surface area contributed by atoms with Crippen LogP contribution in [-0.4, -0.2) is 38.9 Å². The SMILES string of the molecule is CCOc1ccc(CN(C)C(=O)c2ccc(S(=O)(=O)NC(C)CC)cc2)cc1. The normalized spacial score (nSPS) is 12.4. The number of nitrogens with one attached hydrogen (secondary N) is 1. The highest BCUT2D eigenvalue weighted by molar-refractivity contribution is 7.89. The van der Waals surface area contributed by atoms with E-state index in [-0.39, 0.29) is 16.8 Å². The van der Waals surface area contributed by atoms with Crippen molar-refractivity contribution in [1.29, 1.82) is 0 Å². The van der Waals surface area contributed by atoms with E-state index < -0.39 is 10.0 Å². The summed E-state index contributed by atoms with van der Waals surface area (Å²) in [6, 6.07) is 13.5. The molecule has 0 heterocycles. The molecule has 0 radical (unpaired) electrons. The van der Waals surface area contributed by atoms with Crippen LogP contribution in [0.15, 0.2) is 53.4 Å². The Hall–Kier alpha value is -2.38. The fourth-order valence-corrected chi connectivity index (χ4v) is 3.94. The molecule has 0 saturated carbocycles. The van der Waals surface area contributed by atoms with Crippen LogP contribution < -0.4 is 9.46 Å². The van der Waals surface area contributed by atoms with E-state index in [0.29, 0.717) is 25.1 Å². The standard InChI is InChI=1S/C21H28N2O4S/c1-5-16(3)22-28(25,26)20-13-9-18(10-14-20)21(24)23(4)15-17-7-11-19(12-8-17)27-6-2/h7-14,16,22H,5-6,15H2,1-4H3. The molecule has 6 nitrogen and oxygen atoms in total. The number of amides is 1. The summed E-state index contributed by atoms with van der Waals surface area (Å²) in [5.41, 5.74) is 1.42. The first-order valence-corrected chi connectivity index (χ1v) is 10.8. The van der Waals surface area contributed by atoms with Crippen LogP contribution in [0.2, 0.25) is 0 Å². The van der Waals surface area contributed by atoms with Gasteiger partial charge in [-0.3, -0.25) is 4.79 Å². The van der Waals surface area contributed by atoms with Crippen molar-refractivity contribution in [1.82, 2.24) is 9.62 Å². The number of carbonyl (C=O) groups is 1. The molecule has 0 aliphatic rings. The highest BCUT2D eigenvalue weighted by Gasteiger charge is 2.18. The molecule has 0 bridgehead atoms. The summed E-state index contributed by atoms with van der Waals surface area (Å²) in [7, 11) is -1.86. The molecule has 0 saturated heterocycles. The number of rotatable bonds is 9. The summed E-state index contributed by atoms with van der Waals surface area (Å²) < 4.78 is 32.7. The summed E-state index contributed by atoms with van der Waals surface area (Å²) in [6.45, 7) is 6.70. The number of nitrogens with zero attached hydrogens (tertiary/aromatic N) is 1. The average molecular weight is 405 g/mol. The van der Waals surface area contributed by atoms with Gasteiger partial charge in [-0.15, -0.1) is 0 Å². The monoisotopic (exact) mass is 404 g/mol. The van der Waals surface area contributed by atoms with Gasteiger partial charge in [0.15, 0.2) is 0 Å². The van der Waals surface area contributed by atoms with Crippen LogP contribution >= 0.6 is 0 Å². The molecule has 1 atom stereocenters. The highest BCUT2D eigenvalue weighted by Crippen LogP contribution is 2.16. The molecule has 2 rings (SSSR count). The largest absolute Gasteiger partial charge is 0.494 e. The van der Waals surface area contributed by atoms with E-state index in [1.807, 2.05) is 45.0 Å². The molecule has 152 valence electrons. The van der Waals surface area contributed by atoms with Crippen LogP contribution in [0.1, 0.15) is 43.1 Å². The molecule has 2 aromatic carbocycles. The lowest BCUT2D eigenvalue weighted by Gasteiger charge is -2.18. The fraction of sp³-hybridized carbons (Fsp3) is 0.381. The third-order valence-electron chi connectivity index (χ3n) is 4.38. The van der Waals surface area contributed by atoms with E-state index in [9.17, 15) is 13.2 Å². The van der Waals surface area contributed by atoms with E-state index in [1.54, 1.807) is 24.1 Å². The number of benzene rings is 2. The summed E-state index contributed by atoms with van der Waals surface area (Å²) in [5.74, 6) is 0.621. The van der Waals surface area contributed by atoms with Crippen molar-refractivity contribution >= 4 is 15.9 Å². The molecule has 7 heteroatoms. The van der Waals surface area contributed by atoms with Gasteiger partial charge < -0.3 is 9.64 Å². The van der Waals surface area contributed by atoms with E-state index in [2.05, 4.69) is 4.72 Å². The Labute approximate surface area is 167 Å². The summed E-state index contributed by atoms with van der Waals surface area (Å²) >= 11 is 0. The first-order chi connectivity index (χ1) is 13.3. The van der Waals surface area contributed by atoms with Crippen molar-refractivity contribution in [2.24, 2.45) is 0 Å². The Morgan fingerprint density at radius 2 is 1.68 bits per heavy atom. The van der Waals surface area contributed by atoms with Crippen molar-refractivity contribution in [3.63, 3.8) is 0 Å². The van der Waals surface area contributed by atoms with Crippen LogP contribution in [0.5, 0.6) is 5.75 Å². The molecular formula is C21H28N2O4S. The maximum absolute atomic E-state index is 12.6. The first-order valence-electron chi connectivity index (χ1n) is 9.36. The van der Waals surface area contributed by atoms with E-state index in [4.69, 9.17) is 4.74 Å². The third kappa shape index (κ3) is 5.81. The Kier molecular flexibility index (Phi) is 7.60. The molecule has 2 aromatic rings. The molecule has 0 aromatic heterocycles. The van der Waals surface area contributed by atoms with Crippen LogP contribution in [0, 0.1) is 0 Å². The summed E-state index contributed by atoms with van der Waals surface area (Å²) in [4.78, 5) is 14.4. The van der Waals surface area contributed by atoms with E-state index in [0.717, 1.165) is 11.3 Å². The van der Waals surface area contributed by atoms with Gasteiger partial charge in [0.25, 0.3) is 5.91 Å². The second kappa shape index (κ2) is 9.71. The minimum Gasteiger partial charge on any atom is -0.494 e. The third-order valence-corrected chi connectivity index (χ3v) is 5.99. The molecule has 1 amide bonds. The van der Waals surface area contributed by atoms with Crippen molar-refractivity contribution in [2.75, 3.05) is 13.7 Å². The van der Waals surface area contributed by atoms with Gasteiger partial charge in [-0.05, 0) is 62.2 Å². The van der Waals surface area contributed by atoms with Crippen LogP contribution in [0.3, 0.4) is 0 Å². The molecule has 28 heavy (non-hydrogen) atoms. The minimum absolute atomic E-state index is 0.147. The molecule has 0 aliphatic carbocycles. The molecule has 1 unspecified atom stereocenters. The maximum Gasteiger partial charge on any atom is 0.253 e. The molecule has 1 N–H and O–H groups in total. The maximum atomic E-state index is 12.6. The zero-order chi connectivity index (χ0) is 20.7. The molecular weight excluding hydrogens is 376 g/mol. The lowest BCUT2D eigenvalue weighted by Crippen LogP contribution is -2.32. The molecule has 0 spiro atoms. The zero-order valence-corrected chi connectivity index (χ0v) is 17.6. The van der Waals surface area contributed by atoms with Gasteiger partial charge in [-0.25, -0.2) is 13.1 Å². The van der Waals surface area contributed by atoms with Crippen molar-refractivity contribution in [3.05, 3.63) is 59.7 Å². The zero-order valence-electron chi connectivity index (χ0n) is 16.8. The number of carbonyl (C=O) groups excluding carboxylic acids is 1. The smallest absolute Gasteiger partial charge is 0.253 e. The lowest BCUT2D eigenvalue weighted by atomic mass is 10.1. The second-order valence-corrected chi connectivity index (χ2v) is 8.41. The Morgan fingerprint density at radius 1 is 1.07 bits per heavy atom. The van der Waals surface area contributed by atoms with Gasteiger partial charge in [0.05, 0.1) is 11.5 Å². The highest BCUT2D eigenvalue weighted by atomic mass is 32.2. The predicted octanol–water partition coefficient (Wildman–Crippen LogP) is 3.43.